The fourth-order valence-electron chi connectivity index (χ4n) is 3.16. The first kappa shape index (κ1) is 21.0. The largest absolute Gasteiger partial charge is 0.508 e. The number of nitrogens with one attached hydrogen (secondary N) is 1. The molecule has 4 bridgehead atoms. The summed E-state index contributed by atoms with van der Waals surface area (Å²) in [7, 11) is -2.64. The van der Waals surface area contributed by atoms with Crippen LogP contribution in [0.15, 0.2) is 47.4 Å². The van der Waals surface area contributed by atoms with Crippen LogP contribution in [0.1, 0.15) is 15.9 Å². The second-order valence-corrected chi connectivity index (χ2v) is 8.33. The van der Waals surface area contributed by atoms with Gasteiger partial charge in [-0.3, -0.25) is 10.0 Å². The molecular weight excluding hydrogens is 454 g/mol. The smallest absolute Gasteiger partial charge is 0.251 e. The Morgan fingerprint density at radius 3 is 2.52 bits per heavy atom. The molecule has 4 rings (SSSR count). The van der Waals surface area contributed by atoms with E-state index >= 15 is 0 Å². The van der Waals surface area contributed by atoms with Crippen LogP contribution in [-0.4, -0.2) is 25.5 Å². The molecular formula is C20H13ClF2N2O5S. The van der Waals surface area contributed by atoms with Crippen molar-refractivity contribution in [3.05, 3.63) is 70.2 Å². The second kappa shape index (κ2) is 7.80. The van der Waals surface area contributed by atoms with E-state index in [1.54, 1.807) is 0 Å². The van der Waals surface area contributed by atoms with Crippen molar-refractivity contribution in [2.75, 3.05) is 4.47 Å². The Labute approximate surface area is 181 Å². The summed E-state index contributed by atoms with van der Waals surface area (Å²) < 4.78 is 42.0. The maximum Gasteiger partial charge on any atom is 0.251 e. The number of fused-ring (bicyclic) bond motifs is 6. The molecule has 11 heteroatoms. The van der Waals surface area contributed by atoms with Crippen LogP contribution in [0.2, 0.25) is 5.02 Å². The Morgan fingerprint density at radius 2 is 1.77 bits per heavy atom. The van der Waals surface area contributed by atoms with Crippen molar-refractivity contribution in [1.82, 2.24) is 5.32 Å². The Kier molecular flexibility index (Phi) is 5.29. The molecule has 3 aromatic carbocycles. The zero-order valence-electron chi connectivity index (χ0n) is 15.4. The van der Waals surface area contributed by atoms with Gasteiger partial charge in [0.2, 0.25) is 0 Å². The van der Waals surface area contributed by atoms with Gasteiger partial charge in [0, 0.05) is 23.7 Å². The molecule has 1 unspecified atom stereocenters. The van der Waals surface area contributed by atoms with Crippen LogP contribution >= 0.6 is 11.6 Å². The van der Waals surface area contributed by atoms with E-state index in [9.17, 15) is 33.2 Å². The minimum atomic E-state index is -2.64. The average Bonchev–Trinajstić information content (AvgIpc) is 2.73. The summed E-state index contributed by atoms with van der Waals surface area (Å²) in [5.41, 5.74) is -0.482. The molecule has 0 fully saturated rings. The van der Waals surface area contributed by atoms with Crippen molar-refractivity contribution in [3.8, 4) is 22.6 Å². The second-order valence-electron chi connectivity index (χ2n) is 6.63. The minimum Gasteiger partial charge on any atom is -0.508 e. The Bertz CT molecular complexity index is 1270. The van der Waals surface area contributed by atoms with Gasteiger partial charge in [0.05, 0.1) is 5.02 Å². The van der Waals surface area contributed by atoms with Gasteiger partial charge < -0.3 is 15.5 Å². The number of hydrogen-bond donors (Lipinski definition) is 4. The number of aromatic hydroxyl groups is 2. The van der Waals surface area contributed by atoms with E-state index < -0.39 is 44.9 Å². The molecule has 1 amide bonds. The van der Waals surface area contributed by atoms with Crippen molar-refractivity contribution in [3.63, 3.8) is 0 Å². The van der Waals surface area contributed by atoms with Crippen molar-refractivity contribution < 1.29 is 33.2 Å². The highest BCUT2D eigenvalue weighted by Gasteiger charge is 2.26. The predicted octanol–water partition coefficient (Wildman–Crippen LogP) is 3.86. The monoisotopic (exact) mass is 466 g/mol. The van der Waals surface area contributed by atoms with Crippen LogP contribution in [0.4, 0.5) is 14.5 Å². The number of carbonyl (C=O) groups is 1. The zero-order valence-corrected chi connectivity index (χ0v) is 17.0. The van der Waals surface area contributed by atoms with Gasteiger partial charge >= 0.3 is 0 Å². The van der Waals surface area contributed by atoms with E-state index in [-0.39, 0.29) is 38.5 Å². The van der Waals surface area contributed by atoms with E-state index in [1.807, 2.05) is 0 Å². The molecule has 31 heavy (non-hydrogen) atoms. The first-order valence-corrected chi connectivity index (χ1v) is 10.2. The SMILES string of the molecule is O=C1NCc2ccc(O)cc2-c2cc(c(F)cc2F)N(O)S(=O)c2cc1cc(Cl)c2O. The lowest BCUT2D eigenvalue weighted by atomic mass is 9.98. The highest BCUT2D eigenvalue weighted by molar-refractivity contribution is 7.86. The molecule has 0 radical (unpaired) electrons. The summed E-state index contributed by atoms with van der Waals surface area (Å²) in [5, 5.41) is 32.8. The molecule has 160 valence electrons. The van der Waals surface area contributed by atoms with Crippen LogP contribution in [0.25, 0.3) is 11.1 Å². The van der Waals surface area contributed by atoms with Gasteiger partial charge in [0.1, 0.15) is 22.1 Å². The molecule has 0 saturated heterocycles. The molecule has 1 aliphatic rings. The van der Waals surface area contributed by atoms with Gasteiger partial charge in [-0.1, -0.05) is 17.7 Å². The van der Waals surface area contributed by atoms with E-state index in [0.717, 1.165) is 18.2 Å². The number of halogens is 3. The fourth-order valence-corrected chi connectivity index (χ4v) is 4.44. The number of rotatable bonds is 0. The zero-order chi connectivity index (χ0) is 22.4. The van der Waals surface area contributed by atoms with E-state index in [2.05, 4.69) is 5.32 Å². The van der Waals surface area contributed by atoms with Gasteiger partial charge in [0.15, 0.2) is 22.6 Å². The normalized spacial score (nSPS) is 15.9. The summed E-state index contributed by atoms with van der Waals surface area (Å²) in [6.07, 6.45) is 0. The lowest BCUT2D eigenvalue weighted by Crippen LogP contribution is -2.24. The quantitative estimate of drug-likeness (QED) is 0.402. The number of hydrogen-bond acceptors (Lipinski definition) is 5. The summed E-state index contributed by atoms with van der Waals surface area (Å²) in [4.78, 5) is 12.1. The first-order chi connectivity index (χ1) is 14.7. The molecule has 4 N–H and O–H groups in total. The Balaban J connectivity index is 2.02. The van der Waals surface area contributed by atoms with Crippen LogP contribution < -0.4 is 9.79 Å². The van der Waals surface area contributed by atoms with E-state index in [4.69, 9.17) is 11.6 Å². The maximum atomic E-state index is 14.6. The Hall–Kier alpha value is -3.21. The van der Waals surface area contributed by atoms with E-state index in [0.29, 0.717) is 11.6 Å². The third kappa shape index (κ3) is 3.69. The number of nitrogens with zero attached hydrogens (tertiary/aromatic N) is 1. The topological polar surface area (TPSA) is 110 Å². The molecule has 0 aliphatic carbocycles. The highest BCUT2D eigenvalue weighted by atomic mass is 35.5. The van der Waals surface area contributed by atoms with E-state index in [1.165, 1.54) is 18.2 Å². The molecule has 0 saturated carbocycles. The van der Waals surface area contributed by atoms with Crippen molar-refractivity contribution in [2.45, 2.75) is 11.4 Å². The van der Waals surface area contributed by atoms with Crippen molar-refractivity contribution in [2.24, 2.45) is 0 Å². The van der Waals surface area contributed by atoms with Gasteiger partial charge in [-0.15, -0.1) is 0 Å². The minimum absolute atomic E-state index is 0.00823. The number of anilines is 1. The molecule has 1 atom stereocenters. The summed E-state index contributed by atoms with van der Waals surface area (Å²) in [6.45, 7) is -0.111. The van der Waals surface area contributed by atoms with Gasteiger partial charge in [-0.2, -0.15) is 4.47 Å². The summed E-state index contributed by atoms with van der Waals surface area (Å²) in [5.74, 6) is -3.81. The van der Waals surface area contributed by atoms with Crippen LogP contribution in [0, 0.1) is 11.6 Å². The lowest BCUT2D eigenvalue weighted by molar-refractivity contribution is 0.0950. The summed E-state index contributed by atoms with van der Waals surface area (Å²) >= 11 is 5.94. The lowest BCUT2D eigenvalue weighted by Gasteiger charge is -2.19. The van der Waals surface area contributed by atoms with Gasteiger partial charge in [-0.05, 0) is 41.5 Å². The molecule has 7 nitrogen and oxygen atoms in total. The average molecular weight is 467 g/mol. The van der Waals surface area contributed by atoms with Gasteiger partial charge in [0.25, 0.3) is 5.91 Å². The predicted molar refractivity (Wildman–Crippen MR) is 108 cm³/mol. The molecule has 0 spiro atoms. The third-order valence-corrected chi connectivity index (χ3v) is 6.19. The maximum absolute atomic E-state index is 14.6. The fraction of sp³-hybridized carbons (Fsp3) is 0.0500. The molecule has 0 aromatic heterocycles. The number of benzene rings is 3. The number of phenolic OH excluding ortho intramolecular Hbond substituents is 2. The van der Waals surface area contributed by atoms with Crippen LogP contribution in [-0.2, 0) is 17.5 Å². The molecule has 1 aliphatic heterocycles. The molecule has 3 aromatic rings. The highest BCUT2D eigenvalue weighted by Crippen LogP contribution is 2.37. The number of carbonyl (C=O) groups excluding carboxylic acids is 1. The van der Waals surface area contributed by atoms with Crippen molar-refractivity contribution >= 4 is 34.2 Å². The third-order valence-electron chi connectivity index (χ3n) is 4.70. The Morgan fingerprint density at radius 1 is 1.03 bits per heavy atom. The standard InChI is InChI=1S/C20H13ClF2N2O5S/c21-14-3-10-4-18(19(14)27)31(30)25(29)17-6-13(15(22)7-16(17)23)12-5-11(26)2-1-9(12)8-24-20(10)28/h1-7,26-27,29H,8H2,(H,24,28). The van der Waals surface area contributed by atoms with Crippen LogP contribution in [0.3, 0.4) is 0 Å². The number of amides is 1. The van der Waals surface area contributed by atoms with Crippen LogP contribution in [0.5, 0.6) is 11.5 Å². The first-order valence-electron chi connectivity index (χ1n) is 8.70. The van der Waals surface area contributed by atoms with Gasteiger partial charge in [-0.25, -0.2) is 13.0 Å². The summed E-state index contributed by atoms with van der Waals surface area (Å²) in [6, 6.07) is 7.54. The van der Waals surface area contributed by atoms with Crippen molar-refractivity contribution in [1.29, 1.82) is 0 Å². The molecule has 1 heterocycles. The number of phenols is 2.